The number of rotatable bonds is 2. The molecule has 0 heterocycles. The topological polar surface area (TPSA) is 0 Å². The maximum absolute atomic E-state index is 11.7. The minimum Gasteiger partial charge on any atom is -0.205 e. The third kappa shape index (κ3) is 2.40. The maximum atomic E-state index is 11.7. The lowest BCUT2D eigenvalue weighted by Crippen LogP contribution is -1.94. The fourth-order valence-electron chi connectivity index (χ4n) is 0.660. The molecule has 1 rings (SSSR count). The highest BCUT2D eigenvalue weighted by Crippen LogP contribution is 2.19. The molecule has 3 heteroatoms. The molecule has 0 amide bonds. The van der Waals surface area contributed by atoms with Crippen LogP contribution in [0.3, 0.4) is 0 Å². The highest BCUT2D eigenvalue weighted by Gasteiger charge is 2.01. The van der Waals surface area contributed by atoms with Crippen LogP contribution in [0.2, 0.25) is 0 Å². The Morgan fingerprint density at radius 2 is 1.70 bits per heavy atom. The summed E-state index contributed by atoms with van der Waals surface area (Å²) in [5.74, 6) is 0. The zero-order valence-electron chi connectivity index (χ0n) is 5.22. The van der Waals surface area contributed by atoms with Crippen molar-refractivity contribution in [2.45, 2.75) is 6.17 Å². The highest BCUT2D eigenvalue weighted by molar-refractivity contribution is 7.47. The van der Waals surface area contributed by atoms with Gasteiger partial charge < -0.3 is 0 Å². The summed E-state index contributed by atoms with van der Waals surface area (Å²) >= 11 is 0. The quantitative estimate of drug-likeness (QED) is 0.582. The number of hydrogen-bond donors (Lipinski definition) is 0. The molecule has 0 saturated heterocycles. The molecule has 0 fully saturated rings. The van der Waals surface area contributed by atoms with E-state index >= 15 is 0 Å². The normalized spacial score (nSPS) is 11.5. The Labute approximate surface area is 60.0 Å². The van der Waals surface area contributed by atoms with Gasteiger partial charge in [-0.25, -0.2) is 8.78 Å². The van der Waals surface area contributed by atoms with Crippen molar-refractivity contribution in [2.24, 2.45) is 0 Å². The Bertz CT molecular complexity index is 186. The van der Waals surface area contributed by atoms with Crippen molar-refractivity contribution in [1.82, 2.24) is 0 Å². The number of halogens is 2. The van der Waals surface area contributed by atoms with Gasteiger partial charge in [-0.3, -0.25) is 0 Å². The second kappa shape index (κ2) is 3.62. The molecule has 54 valence electrons. The van der Waals surface area contributed by atoms with Gasteiger partial charge in [0.2, 0.25) is 0 Å². The van der Waals surface area contributed by atoms with Crippen molar-refractivity contribution in [2.75, 3.05) is 0 Å². The molecule has 0 spiro atoms. The lowest BCUT2D eigenvalue weighted by molar-refractivity contribution is 0.249. The monoisotopic (exact) mass is 160 g/mol. The van der Waals surface area contributed by atoms with E-state index in [1.54, 1.807) is 24.3 Å². The van der Waals surface area contributed by atoms with Crippen LogP contribution >= 0.6 is 8.58 Å². The Morgan fingerprint density at radius 1 is 1.10 bits per heavy atom. The van der Waals surface area contributed by atoms with Crippen LogP contribution in [0.1, 0.15) is 0 Å². The van der Waals surface area contributed by atoms with Crippen molar-refractivity contribution in [3.63, 3.8) is 0 Å². The summed E-state index contributed by atoms with van der Waals surface area (Å²) in [7, 11) is -0.372. The molecule has 0 nitrogen and oxygen atoms in total. The smallest absolute Gasteiger partial charge is 0.205 e. The SMILES string of the molecule is FC(F)Pc1ccccc1. The number of benzene rings is 1. The molecule has 0 bridgehead atoms. The molecule has 0 N–H and O–H groups in total. The first-order valence-corrected chi connectivity index (χ1v) is 3.96. The van der Waals surface area contributed by atoms with Crippen molar-refractivity contribution in [3.05, 3.63) is 30.3 Å². The van der Waals surface area contributed by atoms with Gasteiger partial charge in [-0.15, -0.1) is 0 Å². The standard InChI is InChI=1S/C7H7F2P/c8-7(9)10-6-4-2-1-3-5-6/h1-5,7,10H. The van der Waals surface area contributed by atoms with Gasteiger partial charge in [-0.05, 0) is 13.9 Å². The Morgan fingerprint density at radius 3 is 2.20 bits per heavy atom. The van der Waals surface area contributed by atoms with Crippen molar-refractivity contribution >= 4 is 13.9 Å². The molecule has 0 aromatic heterocycles. The summed E-state index contributed by atoms with van der Waals surface area (Å²) in [6.45, 7) is 0. The third-order valence-corrected chi connectivity index (χ3v) is 1.93. The minimum absolute atomic E-state index is 0.372. The summed E-state index contributed by atoms with van der Waals surface area (Å²) < 4.78 is 23.5. The van der Waals surface area contributed by atoms with Crippen LogP contribution in [0.15, 0.2) is 30.3 Å². The molecular formula is C7H7F2P. The molecule has 0 saturated carbocycles. The highest BCUT2D eigenvalue weighted by atomic mass is 31.1. The van der Waals surface area contributed by atoms with Crippen LogP contribution in [0.25, 0.3) is 0 Å². The van der Waals surface area contributed by atoms with E-state index in [0.717, 1.165) is 5.30 Å². The Kier molecular flexibility index (Phi) is 2.76. The van der Waals surface area contributed by atoms with E-state index in [-0.39, 0.29) is 8.58 Å². The Balaban J connectivity index is 2.59. The molecule has 1 aromatic carbocycles. The van der Waals surface area contributed by atoms with E-state index in [2.05, 4.69) is 0 Å². The third-order valence-electron chi connectivity index (χ3n) is 1.05. The largest absolute Gasteiger partial charge is 0.256 e. The van der Waals surface area contributed by atoms with Gasteiger partial charge in [0.1, 0.15) is 0 Å². The first-order chi connectivity index (χ1) is 4.79. The number of alkyl halides is 2. The molecule has 1 unspecified atom stereocenters. The molecule has 10 heavy (non-hydrogen) atoms. The molecule has 0 aliphatic heterocycles. The van der Waals surface area contributed by atoms with E-state index in [4.69, 9.17) is 0 Å². The predicted octanol–water partition coefficient (Wildman–Crippen LogP) is 2.21. The van der Waals surface area contributed by atoms with Gasteiger partial charge in [-0.2, -0.15) is 0 Å². The first-order valence-electron chi connectivity index (χ1n) is 2.89. The molecule has 1 atom stereocenters. The second-order valence-electron chi connectivity index (χ2n) is 1.81. The van der Waals surface area contributed by atoms with Gasteiger partial charge in [0.25, 0.3) is 6.17 Å². The zero-order chi connectivity index (χ0) is 7.40. The van der Waals surface area contributed by atoms with Crippen LogP contribution in [0.5, 0.6) is 0 Å². The van der Waals surface area contributed by atoms with E-state index in [1.165, 1.54) is 0 Å². The fraction of sp³-hybridized carbons (Fsp3) is 0.143. The summed E-state index contributed by atoms with van der Waals surface area (Å²) in [4.78, 5) is 0. The van der Waals surface area contributed by atoms with Crippen LogP contribution in [-0.2, 0) is 0 Å². The predicted molar refractivity (Wildman–Crippen MR) is 40.4 cm³/mol. The zero-order valence-corrected chi connectivity index (χ0v) is 6.22. The van der Waals surface area contributed by atoms with E-state index < -0.39 is 6.17 Å². The number of hydrogen-bond acceptors (Lipinski definition) is 0. The summed E-state index contributed by atoms with van der Waals surface area (Å²) in [5.41, 5.74) is 0. The van der Waals surface area contributed by atoms with Crippen molar-refractivity contribution in [3.8, 4) is 0 Å². The van der Waals surface area contributed by atoms with Gasteiger partial charge >= 0.3 is 0 Å². The molecule has 0 radical (unpaired) electrons. The van der Waals surface area contributed by atoms with Crippen LogP contribution in [0, 0.1) is 0 Å². The van der Waals surface area contributed by atoms with E-state index in [1.807, 2.05) is 6.07 Å². The summed E-state index contributed by atoms with van der Waals surface area (Å²) in [5, 5.41) is 0.720. The Hall–Kier alpha value is -0.490. The first kappa shape index (κ1) is 7.62. The van der Waals surface area contributed by atoms with Gasteiger partial charge in [0.05, 0.1) is 0 Å². The van der Waals surface area contributed by atoms with Crippen LogP contribution in [0.4, 0.5) is 8.78 Å². The average molecular weight is 160 g/mol. The molecule has 1 aromatic rings. The summed E-state index contributed by atoms with van der Waals surface area (Å²) in [6.07, 6.45) is -2.21. The van der Waals surface area contributed by atoms with Crippen molar-refractivity contribution < 1.29 is 8.78 Å². The van der Waals surface area contributed by atoms with Gasteiger partial charge in [0.15, 0.2) is 0 Å². The van der Waals surface area contributed by atoms with E-state index in [0.29, 0.717) is 0 Å². The lowest BCUT2D eigenvalue weighted by Gasteiger charge is -1.97. The fourth-order valence-corrected chi connectivity index (χ4v) is 1.30. The molecular weight excluding hydrogens is 153 g/mol. The molecule has 0 aliphatic rings. The van der Waals surface area contributed by atoms with Gasteiger partial charge in [0, 0.05) is 0 Å². The van der Waals surface area contributed by atoms with Gasteiger partial charge in [-0.1, -0.05) is 30.3 Å². The lowest BCUT2D eigenvalue weighted by atomic mass is 10.4. The van der Waals surface area contributed by atoms with E-state index in [9.17, 15) is 8.78 Å². The van der Waals surface area contributed by atoms with Crippen molar-refractivity contribution in [1.29, 1.82) is 0 Å². The maximum Gasteiger partial charge on any atom is 0.256 e. The van der Waals surface area contributed by atoms with Crippen LogP contribution in [-0.4, -0.2) is 6.17 Å². The minimum atomic E-state index is -2.21. The summed E-state index contributed by atoms with van der Waals surface area (Å²) in [6, 6.07) is 8.78. The van der Waals surface area contributed by atoms with Crippen LogP contribution < -0.4 is 5.30 Å². The molecule has 0 aliphatic carbocycles. The average Bonchev–Trinajstić information content (AvgIpc) is 1.88. The second-order valence-corrected chi connectivity index (χ2v) is 3.11.